The topological polar surface area (TPSA) is 59.0 Å². The van der Waals surface area contributed by atoms with Gasteiger partial charge in [0.1, 0.15) is 11.5 Å². The molecule has 0 amide bonds. The van der Waals surface area contributed by atoms with E-state index in [0.29, 0.717) is 17.9 Å². The normalized spacial score (nSPS) is 16.0. The van der Waals surface area contributed by atoms with E-state index in [4.69, 9.17) is 0 Å². The van der Waals surface area contributed by atoms with E-state index in [2.05, 4.69) is 5.32 Å². The molecular formula is C22H24FN3O2S. The number of fused-ring (bicyclic) bond motifs is 1. The summed E-state index contributed by atoms with van der Waals surface area (Å²) in [6, 6.07) is 21.8. The first-order valence-corrected chi connectivity index (χ1v) is 10.9. The summed E-state index contributed by atoms with van der Waals surface area (Å²) in [7, 11) is -1.59. The summed E-state index contributed by atoms with van der Waals surface area (Å²) >= 11 is 0. The van der Waals surface area contributed by atoms with E-state index < -0.39 is 16.8 Å². The second-order valence-electron chi connectivity index (χ2n) is 6.86. The highest BCUT2D eigenvalue weighted by Gasteiger charge is 2.42. The Labute approximate surface area is 172 Å². The Bertz CT molecular complexity index is 1000. The van der Waals surface area contributed by atoms with Crippen LogP contribution in [0.3, 0.4) is 0 Å². The Kier molecular flexibility index (Phi) is 5.47. The van der Waals surface area contributed by atoms with Crippen LogP contribution in [0.25, 0.3) is 11.1 Å². The van der Waals surface area contributed by atoms with Gasteiger partial charge in [0.2, 0.25) is 0 Å². The molecule has 1 aliphatic rings. The number of hydrogen-bond donors (Lipinski definition) is 3. The van der Waals surface area contributed by atoms with Gasteiger partial charge in [-0.1, -0.05) is 48.5 Å². The van der Waals surface area contributed by atoms with E-state index in [1.165, 1.54) is 10.4 Å². The lowest BCUT2D eigenvalue weighted by molar-refractivity contribution is 0.482. The number of hydrogen-bond acceptors (Lipinski definition) is 5. The van der Waals surface area contributed by atoms with Crippen molar-refractivity contribution in [3.8, 4) is 11.1 Å². The molecule has 0 saturated carbocycles. The second-order valence-corrected chi connectivity index (χ2v) is 8.65. The van der Waals surface area contributed by atoms with Gasteiger partial charge in [0.25, 0.3) is 0 Å². The lowest BCUT2D eigenvalue weighted by Crippen LogP contribution is -2.33. The molecule has 0 spiro atoms. The molecule has 7 heteroatoms. The van der Waals surface area contributed by atoms with E-state index in [0.717, 1.165) is 24.1 Å². The first-order chi connectivity index (χ1) is 14.0. The van der Waals surface area contributed by atoms with Gasteiger partial charge >= 0.3 is 0 Å². The summed E-state index contributed by atoms with van der Waals surface area (Å²) in [4.78, 5) is 0. The van der Waals surface area contributed by atoms with E-state index in [1.807, 2.05) is 55.6 Å². The van der Waals surface area contributed by atoms with Gasteiger partial charge < -0.3 is 5.32 Å². The molecule has 0 fully saturated rings. The number of benzene rings is 3. The first-order valence-electron chi connectivity index (χ1n) is 9.49. The van der Waals surface area contributed by atoms with Gasteiger partial charge in [-0.3, -0.25) is 13.4 Å². The van der Waals surface area contributed by atoms with E-state index in [1.54, 1.807) is 22.5 Å². The van der Waals surface area contributed by atoms with Gasteiger partial charge in [0, 0.05) is 6.54 Å². The number of nitrogens with one attached hydrogen (secondary N) is 1. The zero-order chi connectivity index (χ0) is 20.4. The highest BCUT2D eigenvalue weighted by Crippen LogP contribution is 2.64. The molecule has 1 heterocycles. The second kappa shape index (κ2) is 8.04. The minimum absolute atomic E-state index is 0.148. The van der Waals surface area contributed by atoms with Gasteiger partial charge in [-0.15, -0.1) is 0 Å². The van der Waals surface area contributed by atoms with Crippen LogP contribution >= 0.6 is 11.0 Å². The fraction of sp³-hybridized carbons (Fsp3) is 0.182. The summed E-state index contributed by atoms with van der Waals surface area (Å²) in [6.07, 6.45) is 0.720. The lowest BCUT2D eigenvalue weighted by Gasteiger charge is -2.43. The molecule has 1 aliphatic heterocycles. The molecule has 0 saturated heterocycles. The van der Waals surface area contributed by atoms with Crippen molar-refractivity contribution in [1.82, 2.24) is 5.32 Å². The Balaban J connectivity index is 1.85. The van der Waals surface area contributed by atoms with Crippen LogP contribution < -0.4 is 13.9 Å². The largest absolute Gasteiger partial charge is 0.320 e. The van der Waals surface area contributed by atoms with Crippen molar-refractivity contribution in [2.45, 2.75) is 6.42 Å². The fourth-order valence-electron chi connectivity index (χ4n) is 3.59. The number of para-hydroxylation sites is 1. The van der Waals surface area contributed by atoms with Crippen molar-refractivity contribution in [3.63, 3.8) is 0 Å². The van der Waals surface area contributed by atoms with Gasteiger partial charge in [-0.05, 0) is 66.4 Å². The first kappa shape index (κ1) is 19.7. The summed E-state index contributed by atoms with van der Waals surface area (Å²) in [5, 5.41) is 3.07. The van der Waals surface area contributed by atoms with Gasteiger partial charge in [0.05, 0.1) is 11.4 Å². The number of halogens is 1. The molecule has 3 N–H and O–H groups in total. The van der Waals surface area contributed by atoms with Crippen molar-refractivity contribution >= 4 is 28.0 Å². The Morgan fingerprint density at radius 3 is 2.31 bits per heavy atom. The third-order valence-corrected chi connectivity index (χ3v) is 6.82. The molecule has 29 heavy (non-hydrogen) atoms. The summed E-state index contributed by atoms with van der Waals surface area (Å²) < 4.78 is 39.9. The molecule has 4 rings (SSSR count). The number of nitrogens with zero attached hydrogens (tertiary/aromatic N) is 2. The van der Waals surface area contributed by atoms with Crippen molar-refractivity contribution in [2.24, 2.45) is 0 Å². The zero-order valence-corrected chi connectivity index (χ0v) is 16.9. The third kappa shape index (κ3) is 3.58. The Morgan fingerprint density at radius 1 is 0.862 bits per heavy atom. The highest BCUT2D eigenvalue weighted by molar-refractivity contribution is 8.27. The maximum Gasteiger partial charge on any atom is 0.148 e. The maximum absolute atomic E-state index is 14.7. The minimum atomic E-state index is -3.44. The Morgan fingerprint density at radius 2 is 1.59 bits per heavy atom. The number of anilines is 3. The van der Waals surface area contributed by atoms with Crippen LogP contribution in [0.15, 0.2) is 72.8 Å². The molecular weight excluding hydrogens is 389 g/mol. The van der Waals surface area contributed by atoms with Crippen LogP contribution in [0.2, 0.25) is 0 Å². The molecule has 0 atom stereocenters. The lowest BCUT2D eigenvalue weighted by atomic mass is 10.0. The van der Waals surface area contributed by atoms with Gasteiger partial charge in [0.15, 0.2) is 0 Å². The predicted molar refractivity (Wildman–Crippen MR) is 119 cm³/mol. The fourth-order valence-corrected chi connectivity index (χ4v) is 5.40. The average molecular weight is 414 g/mol. The van der Waals surface area contributed by atoms with Crippen LogP contribution in [0, 0.1) is 5.82 Å². The average Bonchev–Trinajstić information content (AvgIpc) is 2.95. The molecule has 3 aromatic carbocycles. The molecule has 0 bridgehead atoms. The third-order valence-electron chi connectivity index (χ3n) is 4.97. The molecule has 3 aromatic rings. The molecule has 0 aromatic heterocycles. The van der Waals surface area contributed by atoms with Crippen LogP contribution in [-0.2, 0) is 0 Å². The highest BCUT2D eigenvalue weighted by atomic mass is 32.3. The van der Waals surface area contributed by atoms with E-state index in [9.17, 15) is 13.5 Å². The van der Waals surface area contributed by atoms with Crippen LogP contribution in [0.5, 0.6) is 0 Å². The monoisotopic (exact) mass is 413 g/mol. The van der Waals surface area contributed by atoms with Crippen LogP contribution in [0.1, 0.15) is 6.42 Å². The molecule has 152 valence electrons. The molecule has 5 nitrogen and oxygen atoms in total. The van der Waals surface area contributed by atoms with E-state index in [-0.39, 0.29) is 5.69 Å². The predicted octanol–water partition coefficient (Wildman–Crippen LogP) is 5.64. The van der Waals surface area contributed by atoms with Crippen LogP contribution in [-0.4, -0.2) is 29.2 Å². The maximum atomic E-state index is 14.7. The quantitative estimate of drug-likeness (QED) is 0.457. The molecule has 0 aliphatic carbocycles. The standard InChI is InChI=1S/C22H24FN3O2S/c1-24-14-7-15-25-21-13-12-18(17-8-3-2-4-9-17)16-22(21)26(29(25,27)28)20-11-6-5-10-19(20)23/h2-6,8-13,16,24,27-28H,7,14-15H2,1H3. The van der Waals surface area contributed by atoms with Crippen molar-refractivity contribution in [2.75, 3.05) is 28.7 Å². The summed E-state index contributed by atoms with van der Waals surface area (Å²) in [5.41, 5.74) is 3.35. The smallest absolute Gasteiger partial charge is 0.148 e. The SMILES string of the molecule is CNCCCN1c2ccc(-c3ccccc3)cc2N(c2ccccc2F)S1(O)O. The Hall–Kier alpha value is -2.58. The van der Waals surface area contributed by atoms with Gasteiger partial charge in [-0.25, -0.2) is 8.70 Å². The van der Waals surface area contributed by atoms with Crippen LogP contribution in [0.4, 0.5) is 21.5 Å². The van der Waals surface area contributed by atoms with Crippen molar-refractivity contribution in [3.05, 3.63) is 78.6 Å². The van der Waals surface area contributed by atoms with E-state index >= 15 is 0 Å². The summed E-state index contributed by atoms with van der Waals surface area (Å²) in [6.45, 7) is 1.18. The van der Waals surface area contributed by atoms with Gasteiger partial charge in [-0.2, -0.15) is 0 Å². The summed E-state index contributed by atoms with van der Waals surface area (Å²) in [5.74, 6) is -0.499. The number of rotatable bonds is 6. The molecule has 0 unspecified atom stereocenters. The van der Waals surface area contributed by atoms with Crippen molar-refractivity contribution in [1.29, 1.82) is 0 Å². The minimum Gasteiger partial charge on any atom is -0.320 e. The molecule has 0 radical (unpaired) electrons. The van der Waals surface area contributed by atoms with Crippen molar-refractivity contribution < 1.29 is 13.5 Å². The zero-order valence-electron chi connectivity index (χ0n) is 16.1.